The molecule has 0 aliphatic carbocycles. The maximum atomic E-state index is 5.37. The molecule has 1 aliphatic rings. The van der Waals surface area contributed by atoms with Gasteiger partial charge in [0.1, 0.15) is 6.54 Å². The van der Waals surface area contributed by atoms with E-state index >= 15 is 0 Å². The maximum absolute atomic E-state index is 5.37. The van der Waals surface area contributed by atoms with Crippen molar-refractivity contribution in [1.82, 2.24) is 0 Å². The highest BCUT2D eigenvalue weighted by Crippen LogP contribution is 2.27. The van der Waals surface area contributed by atoms with Crippen LogP contribution in [-0.2, 0) is 6.54 Å². The fraction of sp³-hybridized carbons (Fsp3) is 0.625. The Morgan fingerprint density at radius 1 is 1.05 bits per heavy atom. The number of nitrogens with one attached hydrogen (secondary N) is 1. The third kappa shape index (κ3) is 3.63. The maximum Gasteiger partial charge on any atom is 0.161 e. The van der Waals surface area contributed by atoms with Crippen molar-refractivity contribution in [3.63, 3.8) is 0 Å². The third-order valence-electron chi connectivity index (χ3n) is 3.98. The van der Waals surface area contributed by atoms with E-state index in [1.807, 2.05) is 6.07 Å². The number of likely N-dealkylation sites (tertiary alicyclic amines) is 1. The van der Waals surface area contributed by atoms with Crippen LogP contribution in [0, 0.1) is 11.8 Å². The number of ether oxygens (including phenoxy) is 2. The Morgan fingerprint density at radius 3 is 2.26 bits per heavy atom. The summed E-state index contributed by atoms with van der Waals surface area (Å²) in [5.41, 5.74) is 1.33. The highest BCUT2D eigenvalue weighted by molar-refractivity contribution is 5.42. The van der Waals surface area contributed by atoms with Crippen LogP contribution >= 0.6 is 0 Å². The van der Waals surface area contributed by atoms with E-state index in [0.717, 1.165) is 29.9 Å². The molecule has 1 unspecified atom stereocenters. The van der Waals surface area contributed by atoms with Crippen molar-refractivity contribution in [2.24, 2.45) is 11.8 Å². The fourth-order valence-corrected chi connectivity index (χ4v) is 3.35. The van der Waals surface area contributed by atoms with Crippen molar-refractivity contribution >= 4 is 0 Å². The van der Waals surface area contributed by atoms with E-state index in [-0.39, 0.29) is 0 Å². The third-order valence-corrected chi connectivity index (χ3v) is 3.98. The molecule has 1 heterocycles. The molecule has 1 N–H and O–H groups in total. The van der Waals surface area contributed by atoms with Crippen molar-refractivity contribution in [2.75, 3.05) is 27.3 Å². The molecule has 1 aliphatic heterocycles. The average molecular weight is 264 g/mol. The van der Waals surface area contributed by atoms with E-state index in [1.54, 1.807) is 19.1 Å². The summed E-state index contributed by atoms with van der Waals surface area (Å²) in [5, 5.41) is 0. The SMILES string of the molecule is COc1ccc(C[NH+]2C[C@H](C)C[C@H](C)C2)cc1OC. The summed E-state index contributed by atoms with van der Waals surface area (Å²) in [7, 11) is 3.37. The molecule has 3 atom stereocenters. The van der Waals surface area contributed by atoms with E-state index in [0.29, 0.717) is 0 Å². The Balaban J connectivity index is 2.06. The molecule has 0 saturated carbocycles. The second-order valence-corrected chi connectivity index (χ2v) is 5.97. The van der Waals surface area contributed by atoms with Gasteiger partial charge in [-0.2, -0.15) is 0 Å². The molecular formula is C16H26NO2+. The zero-order valence-corrected chi connectivity index (χ0v) is 12.5. The molecule has 0 aromatic heterocycles. The number of hydrogen-bond acceptors (Lipinski definition) is 2. The van der Waals surface area contributed by atoms with E-state index in [1.165, 1.54) is 25.1 Å². The van der Waals surface area contributed by atoms with Crippen LogP contribution in [0.25, 0.3) is 0 Å². The smallest absolute Gasteiger partial charge is 0.161 e. The molecule has 3 heteroatoms. The minimum Gasteiger partial charge on any atom is -0.493 e. The Kier molecular flexibility index (Phi) is 4.70. The number of quaternary nitrogens is 1. The van der Waals surface area contributed by atoms with Crippen LogP contribution in [0.4, 0.5) is 0 Å². The van der Waals surface area contributed by atoms with Gasteiger partial charge in [0.15, 0.2) is 11.5 Å². The van der Waals surface area contributed by atoms with Crippen LogP contribution in [0.3, 0.4) is 0 Å². The monoisotopic (exact) mass is 264 g/mol. The van der Waals surface area contributed by atoms with Crippen molar-refractivity contribution in [2.45, 2.75) is 26.8 Å². The first-order chi connectivity index (χ1) is 9.12. The lowest BCUT2D eigenvalue weighted by molar-refractivity contribution is -0.925. The minimum atomic E-state index is 0.807. The Hall–Kier alpha value is -1.22. The molecule has 1 saturated heterocycles. The number of methoxy groups -OCH3 is 2. The topological polar surface area (TPSA) is 22.9 Å². The molecule has 106 valence electrons. The number of rotatable bonds is 4. The van der Waals surface area contributed by atoms with Gasteiger partial charge in [0, 0.05) is 17.4 Å². The summed E-state index contributed by atoms with van der Waals surface area (Å²) >= 11 is 0. The second kappa shape index (κ2) is 6.29. The number of benzene rings is 1. The first kappa shape index (κ1) is 14.2. The van der Waals surface area contributed by atoms with Gasteiger partial charge in [0.25, 0.3) is 0 Å². The molecule has 19 heavy (non-hydrogen) atoms. The summed E-state index contributed by atoms with van der Waals surface area (Å²) in [4.78, 5) is 1.68. The molecular weight excluding hydrogens is 238 g/mol. The van der Waals surface area contributed by atoms with Gasteiger partial charge in [0.05, 0.1) is 27.3 Å². The molecule has 1 fully saturated rings. The minimum absolute atomic E-state index is 0.807. The van der Waals surface area contributed by atoms with Crippen molar-refractivity contribution in [3.8, 4) is 11.5 Å². The lowest BCUT2D eigenvalue weighted by Gasteiger charge is -2.32. The standard InChI is InChI=1S/C16H25NO2/c1-12-7-13(2)10-17(9-12)11-14-5-6-15(18-3)16(8-14)19-4/h5-6,8,12-13H,7,9-11H2,1-4H3/p+1/t12-,13+. The zero-order valence-electron chi connectivity index (χ0n) is 12.5. The van der Waals surface area contributed by atoms with E-state index < -0.39 is 0 Å². The van der Waals surface area contributed by atoms with Crippen LogP contribution in [0.15, 0.2) is 18.2 Å². The van der Waals surface area contributed by atoms with Crippen LogP contribution < -0.4 is 14.4 Å². The Labute approximate surface area is 116 Å². The zero-order chi connectivity index (χ0) is 13.8. The summed E-state index contributed by atoms with van der Waals surface area (Å²) < 4.78 is 10.7. The van der Waals surface area contributed by atoms with Gasteiger partial charge in [-0.15, -0.1) is 0 Å². The van der Waals surface area contributed by atoms with Gasteiger partial charge < -0.3 is 14.4 Å². The van der Waals surface area contributed by atoms with Crippen molar-refractivity contribution in [1.29, 1.82) is 0 Å². The highest BCUT2D eigenvalue weighted by Gasteiger charge is 2.25. The first-order valence-electron chi connectivity index (χ1n) is 7.16. The lowest BCUT2D eigenvalue weighted by atomic mass is 9.91. The largest absolute Gasteiger partial charge is 0.493 e. The van der Waals surface area contributed by atoms with Gasteiger partial charge in [-0.3, -0.25) is 0 Å². The summed E-state index contributed by atoms with van der Waals surface area (Å²) in [6.45, 7) is 8.36. The highest BCUT2D eigenvalue weighted by atomic mass is 16.5. The molecule has 3 nitrogen and oxygen atoms in total. The summed E-state index contributed by atoms with van der Waals surface area (Å²) in [6.07, 6.45) is 1.37. The van der Waals surface area contributed by atoms with Gasteiger partial charge in [0.2, 0.25) is 0 Å². The predicted molar refractivity (Wildman–Crippen MR) is 76.9 cm³/mol. The fourth-order valence-electron chi connectivity index (χ4n) is 3.35. The first-order valence-corrected chi connectivity index (χ1v) is 7.16. The van der Waals surface area contributed by atoms with Crippen molar-refractivity contribution in [3.05, 3.63) is 23.8 Å². The van der Waals surface area contributed by atoms with Crippen LogP contribution in [-0.4, -0.2) is 27.3 Å². The quantitative estimate of drug-likeness (QED) is 0.895. The predicted octanol–water partition coefficient (Wildman–Crippen LogP) is 1.76. The molecule has 0 amide bonds. The van der Waals surface area contributed by atoms with Crippen molar-refractivity contribution < 1.29 is 14.4 Å². The van der Waals surface area contributed by atoms with Crippen LogP contribution in [0.5, 0.6) is 11.5 Å². The molecule has 0 radical (unpaired) electrons. The molecule has 1 aromatic carbocycles. The van der Waals surface area contributed by atoms with Crippen LogP contribution in [0.2, 0.25) is 0 Å². The van der Waals surface area contributed by atoms with E-state index in [2.05, 4.69) is 26.0 Å². The van der Waals surface area contributed by atoms with Crippen LogP contribution in [0.1, 0.15) is 25.8 Å². The molecule has 1 aromatic rings. The molecule has 0 spiro atoms. The van der Waals surface area contributed by atoms with Gasteiger partial charge in [-0.05, 0) is 24.6 Å². The summed E-state index contributed by atoms with van der Waals surface area (Å²) in [6, 6.07) is 6.26. The van der Waals surface area contributed by atoms with Gasteiger partial charge >= 0.3 is 0 Å². The number of piperidine rings is 1. The van der Waals surface area contributed by atoms with Gasteiger partial charge in [-0.25, -0.2) is 0 Å². The van der Waals surface area contributed by atoms with E-state index in [9.17, 15) is 0 Å². The Morgan fingerprint density at radius 2 is 1.68 bits per heavy atom. The van der Waals surface area contributed by atoms with E-state index in [4.69, 9.17) is 9.47 Å². The van der Waals surface area contributed by atoms with Gasteiger partial charge in [-0.1, -0.05) is 13.8 Å². The lowest BCUT2D eigenvalue weighted by Crippen LogP contribution is -3.13. The normalized spacial score (nSPS) is 27.1. The molecule has 0 bridgehead atoms. The second-order valence-electron chi connectivity index (χ2n) is 5.97. The summed E-state index contributed by atoms with van der Waals surface area (Å²) in [5.74, 6) is 3.30. The molecule has 2 rings (SSSR count). The number of hydrogen-bond donors (Lipinski definition) is 1. The Bertz CT molecular complexity index is 409. The average Bonchev–Trinajstić information content (AvgIpc) is 2.37.